The number of halogens is 1. The second-order valence-electron chi connectivity index (χ2n) is 3.78. The zero-order chi connectivity index (χ0) is 13.3. The molecule has 0 aliphatic heterocycles. The van der Waals surface area contributed by atoms with E-state index in [9.17, 15) is 12.8 Å². The maximum atomic E-state index is 13.1. The quantitative estimate of drug-likeness (QED) is 0.821. The first-order chi connectivity index (χ1) is 8.38. The summed E-state index contributed by atoms with van der Waals surface area (Å²) in [5.41, 5.74) is 5.48. The van der Waals surface area contributed by atoms with Gasteiger partial charge in [0.05, 0.1) is 4.90 Å². The molecule has 0 aliphatic carbocycles. The summed E-state index contributed by atoms with van der Waals surface area (Å²) < 4.78 is 38.6. The standard InChI is InChI=1S/C10H11FN4O2S/c1-15-10(13-6-14-15)5-18(16,17)9-3-7(11)2-8(12)4-9/h2-4,6H,5,12H2,1H3. The Labute approximate surface area is 103 Å². The lowest BCUT2D eigenvalue weighted by atomic mass is 10.3. The molecule has 6 nitrogen and oxygen atoms in total. The summed E-state index contributed by atoms with van der Waals surface area (Å²) in [6, 6.07) is 3.21. The number of aromatic nitrogens is 3. The summed E-state index contributed by atoms with van der Waals surface area (Å²) in [6.07, 6.45) is 1.25. The second-order valence-corrected chi connectivity index (χ2v) is 5.77. The first-order valence-electron chi connectivity index (χ1n) is 5.00. The number of aryl methyl sites for hydroxylation is 1. The van der Waals surface area contributed by atoms with Crippen LogP contribution in [0, 0.1) is 5.82 Å². The molecule has 0 saturated heterocycles. The monoisotopic (exact) mass is 270 g/mol. The average molecular weight is 270 g/mol. The molecule has 1 aromatic carbocycles. The Morgan fingerprint density at radius 2 is 2.11 bits per heavy atom. The molecule has 18 heavy (non-hydrogen) atoms. The molecule has 96 valence electrons. The minimum Gasteiger partial charge on any atom is -0.399 e. The summed E-state index contributed by atoms with van der Waals surface area (Å²) in [5.74, 6) is -0.767. The molecule has 0 spiro atoms. The van der Waals surface area contributed by atoms with Crippen molar-refractivity contribution < 1.29 is 12.8 Å². The van der Waals surface area contributed by atoms with Gasteiger partial charge < -0.3 is 5.73 Å². The van der Waals surface area contributed by atoms with Crippen molar-refractivity contribution in [1.29, 1.82) is 0 Å². The molecule has 0 radical (unpaired) electrons. The van der Waals surface area contributed by atoms with Gasteiger partial charge in [0.25, 0.3) is 0 Å². The minimum atomic E-state index is -3.69. The normalized spacial score (nSPS) is 11.7. The SMILES string of the molecule is Cn1ncnc1CS(=O)(=O)c1cc(N)cc(F)c1. The zero-order valence-electron chi connectivity index (χ0n) is 9.54. The lowest BCUT2D eigenvalue weighted by molar-refractivity contribution is 0.586. The highest BCUT2D eigenvalue weighted by Crippen LogP contribution is 2.19. The summed E-state index contributed by atoms with van der Waals surface area (Å²) in [4.78, 5) is 3.66. The highest BCUT2D eigenvalue weighted by molar-refractivity contribution is 7.90. The molecule has 0 saturated carbocycles. The Balaban J connectivity index is 2.40. The van der Waals surface area contributed by atoms with E-state index in [0.29, 0.717) is 0 Å². The van der Waals surface area contributed by atoms with Crippen LogP contribution in [0.1, 0.15) is 5.82 Å². The van der Waals surface area contributed by atoms with E-state index in [-0.39, 0.29) is 22.2 Å². The van der Waals surface area contributed by atoms with Gasteiger partial charge in [0.2, 0.25) is 0 Å². The van der Waals surface area contributed by atoms with E-state index < -0.39 is 15.7 Å². The lowest BCUT2D eigenvalue weighted by Gasteiger charge is -2.05. The first kappa shape index (κ1) is 12.5. The number of benzene rings is 1. The number of nitrogens with two attached hydrogens (primary N) is 1. The van der Waals surface area contributed by atoms with Crippen LogP contribution in [0.15, 0.2) is 29.4 Å². The number of nitrogens with zero attached hydrogens (tertiary/aromatic N) is 3. The van der Waals surface area contributed by atoms with Crippen molar-refractivity contribution in [3.63, 3.8) is 0 Å². The van der Waals surface area contributed by atoms with E-state index in [2.05, 4.69) is 10.1 Å². The molecule has 2 rings (SSSR count). The van der Waals surface area contributed by atoms with Gasteiger partial charge in [-0.25, -0.2) is 17.8 Å². The van der Waals surface area contributed by atoms with Crippen LogP contribution >= 0.6 is 0 Å². The van der Waals surface area contributed by atoms with Gasteiger partial charge in [0, 0.05) is 12.7 Å². The number of sulfone groups is 1. The maximum absolute atomic E-state index is 13.1. The van der Waals surface area contributed by atoms with Gasteiger partial charge in [-0.05, 0) is 18.2 Å². The van der Waals surface area contributed by atoms with Gasteiger partial charge >= 0.3 is 0 Å². The Morgan fingerprint density at radius 3 is 2.67 bits per heavy atom. The third-order valence-electron chi connectivity index (χ3n) is 2.38. The Bertz CT molecular complexity index is 661. The average Bonchev–Trinajstić information content (AvgIpc) is 2.62. The topological polar surface area (TPSA) is 90.9 Å². The van der Waals surface area contributed by atoms with Gasteiger partial charge in [-0.15, -0.1) is 0 Å². The fourth-order valence-electron chi connectivity index (χ4n) is 1.47. The zero-order valence-corrected chi connectivity index (χ0v) is 10.4. The van der Waals surface area contributed by atoms with Gasteiger partial charge in [0.15, 0.2) is 9.84 Å². The van der Waals surface area contributed by atoms with Gasteiger partial charge in [-0.1, -0.05) is 0 Å². The summed E-state index contributed by atoms with van der Waals surface area (Å²) in [6.45, 7) is 0. The summed E-state index contributed by atoms with van der Waals surface area (Å²) in [5, 5.41) is 3.77. The van der Waals surface area contributed by atoms with Gasteiger partial charge in [-0.3, -0.25) is 4.68 Å². The van der Waals surface area contributed by atoms with E-state index in [4.69, 9.17) is 5.73 Å². The molecular weight excluding hydrogens is 259 g/mol. The number of hydrogen-bond acceptors (Lipinski definition) is 5. The van der Waals surface area contributed by atoms with Crippen molar-refractivity contribution in [2.24, 2.45) is 7.05 Å². The molecule has 0 bridgehead atoms. The van der Waals surface area contributed by atoms with Crippen molar-refractivity contribution in [3.05, 3.63) is 36.2 Å². The minimum absolute atomic E-state index is 0.0616. The van der Waals surface area contributed by atoms with Crippen LogP contribution in [-0.4, -0.2) is 23.2 Å². The summed E-state index contributed by atoms with van der Waals surface area (Å²) in [7, 11) is -2.11. The number of anilines is 1. The van der Waals surface area contributed by atoms with Crippen molar-refractivity contribution in [3.8, 4) is 0 Å². The Kier molecular flexibility index (Phi) is 3.04. The van der Waals surface area contributed by atoms with Crippen molar-refractivity contribution in [2.75, 3.05) is 5.73 Å². The van der Waals surface area contributed by atoms with Crippen LogP contribution in [0.2, 0.25) is 0 Å². The third kappa shape index (κ3) is 2.48. The fraction of sp³-hybridized carbons (Fsp3) is 0.200. The highest BCUT2D eigenvalue weighted by atomic mass is 32.2. The molecule has 8 heteroatoms. The molecule has 0 aliphatic rings. The predicted octanol–water partition coefficient (Wildman–Crippen LogP) is 0.510. The maximum Gasteiger partial charge on any atom is 0.185 e. The van der Waals surface area contributed by atoms with Crippen LogP contribution in [0.4, 0.5) is 10.1 Å². The highest BCUT2D eigenvalue weighted by Gasteiger charge is 2.19. The van der Waals surface area contributed by atoms with Crippen molar-refractivity contribution in [1.82, 2.24) is 14.8 Å². The first-order valence-corrected chi connectivity index (χ1v) is 6.65. The van der Waals surface area contributed by atoms with E-state index in [1.54, 1.807) is 7.05 Å². The number of nitrogen functional groups attached to an aromatic ring is 1. The molecule has 0 unspecified atom stereocenters. The molecule has 1 heterocycles. The molecule has 2 aromatic rings. The van der Waals surface area contributed by atoms with Crippen molar-refractivity contribution in [2.45, 2.75) is 10.6 Å². The Morgan fingerprint density at radius 1 is 1.39 bits per heavy atom. The molecule has 0 fully saturated rings. The van der Waals surface area contributed by atoms with Crippen LogP contribution in [0.5, 0.6) is 0 Å². The van der Waals surface area contributed by atoms with Crippen molar-refractivity contribution >= 4 is 15.5 Å². The molecule has 1 aromatic heterocycles. The van der Waals surface area contributed by atoms with Crippen LogP contribution in [0.25, 0.3) is 0 Å². The molecule has 0 atom stereocenters. The molecule has 0 amide bonds. The van der Waals surface area contributed by atoms with Gasteiger partial charge in [-0.2, -0.15) is 5.10 Å². The summed E-state index contributed by atoms with van der Waals surface area (Å²) >= 11 is 0. The van der Waals surface area contributed by atoms with E-state index in [1.165, 1.54) is 17.1 Å². The molecule has 2 N–H and O–H groups in total. The Hall–Kier alpha value is -1.96. The third-order valence-corrected chi connectivity index (χ3v) is 3.97. The number of rotatable bonds is 3. The fourth-order valence-corrected chi connectivity index (χ4v) is 2.84. The molecular formula is C10H11FN4O2S. The van der Waals surface area contributed by atoms with Gasteiger partial charge in [0.1, 0.15) is 23.7 Å². The number of hydrogen-bond donors (Lipinski definition) is 1. The largest absolute Gasteiger partial charge is 0.399 e. The van der Waals surface area contributed by atoms with Crippen LogP contribution in [-0.2, 0) is 22.6 Å². The smallest absolute Gasteiger partial charge is 0.185 e. The predicted molar refractivity (Wildman–Crippen MR) is 62.7 cm³/mol. The van der Waals surface area contributed by atoms with E-state index in [0.717, 1.165) is 12.1 Å². The van der Waals surface area contributed by atoms with E-state index >= 15 is 0 Å². The van der Waals surface area contributed by atoms with Crippen LogP contribution < -0.4 is 5.73 Å². The second kappa shape index (κ2) is 4.37. The lowest BCUT2D eigenvalue weighted by Crippen LogP contribution is -2.10. The van der Waals surface area contributed by atoms with Crippen LogP contribution in [0.3, 0.4) is 0 Å². The van der Waals surface area contributed by atoms with E-state index in [1.807, 2.05) is 0 Å².